The van der Waals surface area contributed by atoms with E-state index in [9.17, 15) is 4.79 Å². The lowest BCUT2D eigenvalue weighted by molar-refractivity contribution is 0.143. The molecule has 2 heterocycles. The van der Waals surface area contributed by atoms with Crippen LogP contribution in [0.5, 0.6) is 5.75 Å². The van der Waals surface area contributed by atoms with Gasteiger partial charge in [-0.25, -0.2) is 4.79 Å². The number of amides is 2. The van der Waals surface area contributed by atoms with Gasteiger partial charge in [0.1, 0.15) is 5.75 Å². The molecule has 25 heavy (non-hydrogen) atoms. The molecule has 0 aliphatic carbocycles. The third kappa shape index (κ3) is 4.61. The van der Waals surface area contributed by atoms with Crippen molar-refractivity contribution >= 4 is 23.3 Å². The quantitative estimate of drug-likeness (QED) is 0.910. The van der Waals surface area contributed by atoms with Crippen molar-refractivity contribution in [3.63, 3.8) is 0 Å². The molecule has 1 fully saturated rings. The number of rotatable bonds is 4. The first-order valence-corrected chi connectivity index (χ1v) is 8.54. The number of ether oxygens (including phenoxy) is 1. The highest BCUT2D eigenvalue weighted by atomic mass is 35.5. The van der Waals surface area contributed by atoms with Gasteiger partial charge in [-0.3, -0.25) is 9.88 Å². The molecule has 0 bridgehead atoms. The fourth-order valence-corrected chi connectivity index (χ4v) is 3.00. The molecule has 2 amide bonds. The van der Waals surface area contributed by atoms with Gasteiger partial charge >= 0.3 is 6.03 Å². The van der Waals surface area contributed by atoms with E-state index >= 15 is 0 Å². The van der Waals surface area contributed by atoms with Gasteiger partial charge in [-0.2, -0.15) is 0 Å². The van der Waals surface area contributed by atoms with Crippen LogP contribution >= 0.6 is 11.6 Å². The molecule has 0 spiro atoms. The zero-order chi connectivity index (χ0) is 17.6. The summed E-state index contributed by atoms with van der Waals surface area (Å²) in [6.45, 7) is 3.86. The normalized spacial score (nSPS) is 15.0. The Labute approximate surface area is 152 Å². The van der Waals surface area contributed by atoms with E-state index in [2.05, 4.69) is 21.3 Å². The summed E-state index contributed by atoms with van der Waals surface area (Å²) in [7, 11) is 1.57. The number of carbonyl (C=O) groups excluding carboxylic acids is 1. The van der Waals surface area contributed by atoms with Crippen molar-refractivity contribution < 1.29 is 9.53 Å². The monoisotopic (exact) mass is 360 g/mol. The minimum atomic E-state index is -0.137. The third-order valence-electron chi connectivity index (χ3n) is 4.19. The lowest BCUT2D eigenvalue weighted by Gasteiger charge is -2.34. The zero-order valence-corrected chi connectivity index (χ0v) is 14.9. The molecule has 0 radical (unpaired) electrons. The largest absolute Gasteiger partial charge is 0.495 e. The molecule has 7 heteroatoms. The van der Waals surface area contributed by atoms with Crippen LogP contribution in [0.4, 0.5) is 10.5 Å². The zero-order valence-electron chi connectivity index (χ0n) is 14.1. The van der Waals surface area contributed by atoms with Crippen molar-refractivity contribution in [3.05, 3.63) is 53.3 Å². The highest BCUT2D eigenvalue weighted by molar-refractivity contribution is 6.31. The topological polar surface area (TPSA) is 57.7 Å². The smallest absolute Gasteiger partial charge is 0.322 e. The fraction of sp³-hybridized carbons (Fsp3) is 0.333. The molecule has 0 unspecified atom stereocenters. The summed E-state index contributed by atoms with van der Waals surface area (Å²) in [4.78, 5) is 20.8. The molecule has 1 aliphatic rings. The fourth-order valence-electron chi connectivity index (χ4n) is 2.83. The Morgan fingerprint density at radius 1 is 1.28 bits per heavy atom. The van der Waals surface area contributed by atoms with Gasteiger partial charge in [0.2, 0.25) is 0 Å². The van der Waals surface area contributed by atoms with E-state index in [-0.39, 0.29) is 6.03 Å². The molecule has 2 aromatic rings. The van der Waals surface area contributed by atoms with Crippen LogP contribution in [0.2, 0.25) is 5.02 Å². The number of urea groups is 1. The van der Waals surface area contributed by atoms with E-state index < -0.39 is 0 Å². The Hall–Kier alpha value is -2.31. The summed E-state index contributed by atoms with van der Waals surface area (Å²) in [5, 5.41) is 3.44. The maximum atomic E-state index is 12.5. The predicted octanol–water partition coefficient (Wildman–Crippen LogP) is 3.09. The Morgan fingerprint density at radius 3 is 2.76 bits per heavy atom. The maximum absolute atomic E-state index is 12.5. The average molecular weight is 361 g/mol. The van der Waals surface area contributed by atoms with E-state index in [0.29, 0.717) is 29.5 Å². The summed E-state index contributed by atoms with van der Waals surface area (Å²) in [6, 6.07) is 9.03. The second kappa shape index (κ2) is 8.18. The van der Waals surface area contributed by atoms with Gasteiger partial charge in [0.05, 0.1) is 12.8 Å². The molecule has 1 aromatic carbocycles. The Kier molecular flexibility index (Phi) is 5.73. The van der Waals surface area contributed by atoms with Crippen molar-refractivity contribution in [2.24, 2.45) is 0 Å². The van der Waals surface area contributed by atoms with Crippen LogP contribution in [-0.4, -0.2) is 54.1 Å². The molecule has 0 saturated carbocycles. The van der Waals surface area contributed by atoms with Gasteiger partial charge in [-0.15, -0.1) is 0 Å². The molecule has 1 saturated heterocycles. The Bertz CT molecular complexity index is 718. The van der Waals surface area contributed by atoms with Crippen LogP contribution in [0.15, 0.2) is 42.7 Å². The number of anilines is 1. The van der Waals surface area contributed by atoms with Crippen LogP contribution in [0.1, 0.15) is 5.56 Å². The number of methoxy groups -OCH3 is 1. The summed E-state index contributed by atoms with van der Waals surface area (Å²) in [5.41, 5.74) is 1.77. The van der Waals surface area contributed by atoms with Gasteiger partial charge in [0.25, 0.3) is 0 Å². The number of hydrogen-bond donors (Lipinski definition) is 1. The van der Waals surface area contributed by atoms with Crippen molar-refractivity contribution in [2.45, 2.75) is 6.54 Å². The van der Waals surface area contributed by atoms with E-state index in [1.807, 2.05) is 12.3 Å². The standard InChI is InChI=1S/C18H21ClN4O2/c1-25-17-5-4-15(19)11-16(17)21-18(24)23-9-7-22(8-10-23)13-14-3-2-6-20-12-14/h2-6,11-12H,7-10,13H2,1H3,(H,21,24). The number of benzene rings is 1. The molecule has 1 N–H and O–H groups in total. The van der Waals surface area contributed by atoms with Gasteiger partial charge < -0.3 is 15.0 Å². The summed E-state index contributed by atoms with van der Waals surface area (Å²) in [5.74, 6) is 0.591. The first-order chi connectivity index (χ1) is 12.2. The highest BCUT2D eigenvalue weighted by Crippen LogP contribution is 2.28. The molecule has 3 rings (SSSR count). The van der Waals surface area contributed by atoms with E-state index in [1.54, 1.807) is 36.4 Å². The van der Waals surface area contributed by atoms with Gasteiger partial charge in [0.15, 0.2) is 0 Å². The number of halogens is 1. The number of hydrogen-bond acceptors (Lipinski definition) is 4. The average Bonchev–Trinajstić information content (AvgIpc) is 2.63. The Morgan fingerprint density at radius 2 is 2.08 bits per heavy atom. The molecule has 132 valence electrons. The number of aromatic nitrogens is 1. The lowest BCUT2D eigenvalue weighted by atomic mass is 10.2. The highest BCUT2D eigenvalue weighted by Gasteiger charge is 2.22. The van der Waals surface area contributed by atoms with Crippen LogP contribution < -0.4 is 10.1 Å². The van der Waals surface area contributed by atoms with Gasteiger partial charge in [0, 0.05) is 50.1 Å². The first kappa shape index (κ1) is 17.5. The summed E-state index contributed by atoms with van der Waals surface area (Å²) >= 11 is 6.01. The van der Waals surface area contributed by atoms with E-state index in [4.69, 9.17) is 16.3 Å². The number of nitrogens with one attached hydrogen (secondary N) is 1. The molecule has 1 aliphatic heterocycles. The van der Waals surface area contributed by atoms with Gasteiger partial charge in [-0.1, -0.05) is 17.7 Å². The van der Waals surface area contributed by atoms with Crippen molar-refractivity contribution in [3.8, 4) is 5.75 Å². The maximum Gasteiger partial charge on any atom is 0.322 e. The van der Waals surface area contributed by atoms with Crippen molar-refractivity contribution in [2.75, 3.05) is 38.6 Å². The Balaban J connectivity index is 1.54. The molecular weight excluding hydrogens is 340 g/mol. The van der Waals surface area contributed by atoms with Crippen LogP contribution in [0, 0.1) is 0 Å². The van der Waals surface area contributed by atoms with E-state index in [1.165, 1.54) is 5.56 Å². The second-order valence-corrected chi connectivity index (χ2v) is 6.34. The van der Waals surface area contributed by atoms with Crippen LogP contribution in [-0.2, 0) is 6.54 Å². The van der Waals surface area contributed by atoms with Crippen molar-refractivity contribution in [1.82, 2.24) is 14.8 Å². The number of pyridine rings is 1. The summed E-state index contributed by atoms with van der Waals surface area (Å²) in [6.07, 6.45) is 3.65. The number of nitrogens with zero attached hydrogens (tertiary/aromatic N) is 3. The minimum Gasteiger partial charge on any atom is -0.495 e. The number of carbonyl (C=O) groups is 1. The first-order valence-electron chi connectivity index (χ1n) is 8.16. The predicted molar refractivity (Wildman–Crippen MR) is 98.1 cm³/mol. The minimum absolute atomic E-state index is 0.137. The number of piperazine rings is 1. The van der Waals surface area contributed by atoms with Crippen molar-refractivity contribution in [1.29, 1.82) is 0 Å². The molecule has 1 aromatic heterocycles. The molecular formula is C18H21ClN4O2. The molecule has 0 atom stereocenters. The SMILES string of the molecule is COc1ccc(Cl)cc1NC(=O)N1CCN(Cc2cccnc2)CC1. The lowest BCUT2D eigenvalue weighted by Crippen LogP contribution is -2.49. The van der Waals surface area contributed by atoms with E-state index in [0.717, 1.165) is 19.6 Å². The summed E-state index contributed by atoms with van der Waals surface area (Å²) < 4.78 is 5.27. The second-order valence-electron chi connectivity index (χ2n) is 5.90. The third-order valence-corrected chi connectivity index (χ3v) is 4.43. The van der Waals surface area contributed by atoms with Crippen LogP contribution in [0.3, 0.4) is 0 Å². The van der Waals surface area contributed by atoms with Crippen LogP contribution in [0.25, 0.3) is 0 Å². The van der Waals surface area contributed by atoms with Gasteiger partial charge in [-0.05, 0) is 29.8 Å². The molecule has 6 nitrogen and oxygen atoms in total.